The average Bonchev–Trinajstić information content (AvgIpc) is 2.76. The molecule has 3 nitrogen and oxygen atoms in total. The van der Waals surface area contributed by atoms with Gasteiger partial charge in [0.05, 0.1) is 0 Å². The minimum atomic E-state index is -0.224. The third-order valence-electron chi connectivity index (χ3n) is 2.88. The molecule has 3 rings (SSSR count). The minimum Gasteiger partial charge on any atom is -0.221 e. The Bertz CT molecular complexity index is 686. The SMILES string of the molecule is Cc1cccn2nc(Cc3ccc(F)cc3)nc12. The molecule has 0 unspecified atom stereocenters. The van der Waals surface area contributed by atoms with Crippen LogP contribution >= 0.6 is 0 Å². The van der Waals surface area contributed by atoms with E-state index in [0.29, 0.717) is 6.42 Å². The molecule has 0 atom stereocenters. The molecule has 0 N–H and O–H groups in total. The van der Waals surface area contributed by atoms with Gasteiger partial charge in [0, 0.05) is 12.6 Å². The predicted octanol–water partition coefficient (Wildman–Crippen LogP) is 2.77. The summed E-state index contributed by atoms with van der Waals surface area (Å²) in [6.45, 7) is 2.01. The maximum atomic E-state index is 12.8. The Morgan fingerprint density at radius 1 is 1.17 bits per heavy atom. The van der Waals surface area contributed by atoms with Crippen molar-refractivity contribution in [3.8, 4) is 0 Å². The second-order valence-corrected chi connectivity index (χ2v) is 4.29. The van der Waals surface area contributed by atoms with Gasteiger partial charge >= 0.3 is 0 Å². The standard InChI is InChI=1S/C14H12FN3/c1-10-3-2-8-18-14(10)16-13(17-18)9-11-4-6-12(15)7-5-11/h2-8H,9H2,1H3. The fraction of sp³-hybridized carbons (Fsp3) is 0.143. The molecule has 4 heteroatoms. The van der Waals surface area contributed by atoms with Crippen LogP contribution in [0.4, 0.5) is 4.39 Å². The summed E-state index contributed by atoms with van der Waals surface area (Å²) >= 11 is 0. The van der Waals surface area contributed by atoms with E-state index in [9.17, 15) is 4.39 Å². The number of aryl methyl sites for hydroxylation is 1. The first kappa shape index (κ1) is 10.9. The van der Waals surface area contributed by atoms with E-state index in [2.05, 4.69) is 10.1 Å². The van der Waals surface area contributed by atoms with Crippen LogP contribution < -0.4 is 0 Å². The molecule has 2 heterocycles. The van der Waals surface area contributed by atoms with Crippen molar-refractivity contribution in [2.24, 2.45) is 0 Å². The van der Waals surface area contributed by atoms with Crippen molar-refractivity contribution in [1.29, 1.82) is 0 Å². The first-order valence-corrected chi connectivity index (χ1v) is 5.78. The second-order valence-electron chi connectivity index (χ2n) is 4.29. The molecule has 90 valence electrons. The van der Waals surface area contributed by atoms with Gasteiger partial charge in [-0.2, -0.15) is 5.10 Å². The van der Waals surface area contributed by atoms with E-state index in [0.717, 1.165) is 22.6 Å². The summed E-state index contributed by atoms with van der Waals surface area (Å²) in [5, 5.41) is 4.40. The molecule has 0 spiro atoms. The zero-order valence-electron chi connectivity index (χ0n) is 9.97. The zero-order valence-corrected chi connectivity index (χ0v) is 9.97. The van der Waals surface area contributed by atoms with Crippen LogP contribution in [0, 0.1) is 12.7 Å². The van der Waals surface area contributed by atoms with Gasteiger partial charge in [0.15, 0.2) is 11.5 Å². The number of halogens is 1. The molecule has 0 aliphatic carbocycles. The first-order chi connectivity index (χ1) is 8.72. The topological polar surface area (TPSA) is 30.2 Å². The van der Waals surface area contributed by atoms with Gasteiger partial charge in [0.2, 0.25) is 0 Å². The molecule has 0 saturated heterocycles. The number of nitrogens with zero attached hydrogens (tertiary/aromatic N) is 3. The molecule has 0 radical (unpaired) electrons. The molecular formula is C14H12FN3. The van der Waals surface area contributed by atoms with Crippen LogP contribution in [0.1, 0.15) is 17.0 Å². The van der Waals surface area contributed by atoms with Gasteiger partial charge < -0.3 is 0 Å². The fourth-order valence-corrected chi connectivity index (χ4v) is 1.94. The smallest absolute Gasteiger partial charge is 0.158 e. The molecule has 0 fully saturated rings. The quantitative estimate of drug-likeness (QED) is 0.690. The Balaban J connectivity index is 1.95. The Hall–Kier alpha value is -2.23. The van der Waals surface area contributed by atoms with Crippen LogP contribution in [0.5, 0.6) is 0 Å². The summed E-state index contributed by atoms with van der Waals surface area (Å²) in [4.78, 5) is 4.49. The third-order valence-corrected chi connectivity index (χ3v) is 2.88. The molecule has 0 aliphatic heterocycles. The lowest BCUT2D eigenvalue weighted by Crippen LogP contribution is -1.92. The number of hydrogen-bond acceptors (Lipinski definition) is 2. The van der Waals surface area contributed by atoms with Crippen molar-refractivity contribution >= 4 is 5.65 Å². The summed E-state index contributed by atoms with van der Waals surface area (Å²) < 4.78 is 14.6. The maximum Gasteiger partial charge on any atom is 0.158 e. The summed E-state index contributed by atoms with van der Waals surface area (Å²) in [7, 11) is 0. The van der Waals surface area contributed by atoms with E-state index >= 15 is 0 Å². The van der Waals surface area contributed by atoms with Crippen LogP contribution in [0.2, 0.25) is 0 Å². The lowest BCUT2D eigenvalue weighted by atomic mass is 10.1. The van der Waals surface area contributed by atoms with E-state index in [4.69, 9.17) is 0 Å². The molecule has 0 saturated carbocycles. The van der Waals surface area contributed by atoms with Crippen molar-refractivity contribution in [3.05, 3.63) is 65.4 Å². The highest BCUT2D eigenvalue weighted by molar-refractivity contribution is 5.46. The Labute approximate surface area is 104 Å². The van der Waals surface area contributed by atoms with Crippen LogP contribution in [0.3, 0.4) is 0 Å². The van der Waals surface area contributed by atoms with Crippen molar-refractivity contribution in [1.82, 2.24) is 14.6 Å². The van der Waals surface area contributed by atoms with Gasteiger partial charge in [-0.3, -0.25) is 0 Å². The zero-order chi connectivity index (χ0) is 12.5. The number of fused-ring (bicyclic) bond motifs is 1. The fourth-order valence-electron chi connectivity index (χ4n) is 1.94. The molecule has 0 amide bonds. The number of hydrogen-bond donors (Lipinski definition) is 0. The van der Waals surface area contributed by atoms with Gasteiger partial charge in [-0.15, -0.1) is 0 Å². The van der Waals surface area contributed by atoms with Crippen LogP contribution in [-0.2, 0) is 6.42 Å². The van der Waals surface area contributed by atoms with Gasteiger partial charge in [-0.1, -0.05) is 18.2 Å². The highest BCUT2D eigenvalue weighted by Crippen LogP contribution is 2.11. The third kappa shape index (κ3) is 1.97. The largest absolute Gasteiger partial charge is 0.221 e. The van der Waals surface area contributed by atoms with Gasteiger partial charge in [-0.05, 0) is 36.2 Å². The lowest BCUT2D eigenvalue weighted by molar-refractivity contribution is 0.627. The Kier molecular flexibility index (Phi) is 2.55. The Morgan fingerprint density at radius 3 is 2.67 bits per heavy atom. The molecule has 0 bridgehead atoms. The van der Waals surface area contributed by atoms with E-state index < -0.39 is 0 Å². The second kappa shape index (κ2) is 4.22. The summed E-state index contributed by atoms with van der Waals surface area (Å²) in [6.07, 6.45) is 2.49. The molecule has 1 aromatic carbocycles. The molecule has 0 aliphatic rings. The monoisotopic (exact) mass is 241 g/mol. The first-order valence-electron chi connectivity index (χ1n) is 5.78. The number of aromatic nitrogens is 3. The predicted molar refractivity (Wildman–Crippen MR) is 66.9 cm³/mol. The minimum absolute atomic E-state index is 0.224. The van der Waals surface area contributed by atoms with E-state index in [1.807, 2.05) is 25.3 Å². The van der Waals surface area contributed by atoms with Crippen molar-refractivity contribution in [2.75, 3.05) is 0 Å². The van der Waals surface area contributed by atoms with Gasteiger partial charge in [-0.25, -0.2) is 13.9 Å². The molecule has 2 aromatic heterocycles. The summed E-state index contributed by atoms with van der Waals surface area (Å²) in [6, 6.07) is 10.4. The average molecular weight is 241 g/mol. The van der Waals surface area contributed by atoms with E-state index in [1.54, 1.807) is 16.6 Å². The van der Waals surface area contributed by atoms with Gasteiger partial charge in [0.1, 0.15) is 5.82 Å². The molecule has 18 heavy (non-hydrogen) atoms. The van der Waals surface area contributed by atoms with E-state index in [-0.39, 0.29) is 5.82 Å². The highest BCUT2D eigenvalue weighted by atomic mass is 19.1. The molecular weight excluding hydrogens is 229 g/mol. The maximum absolute atomic E-state index is 12.8. The number of pyridine rings is 1. The van der Waals surface area contributed by atoms with Crippen LogP contribution in [0.25, 0.3) is 5.65 Å². The summed E-state index contributed by atoms with van der Waals surface area (Å²) in [5.74, 6) is 0.522. The normalized spacial score (nSPS) is 11.0. The number of rotatable bonds is 2. The van der Waals surface area contributed by atoms with E-state index in [1.165, 1.54) is 12.1 Å². The highest BCUT2D eigenvalue weighted by Gasteiger charge is 2.06. The lowest BCUT2D eigenvalue weighted by Gasteiger charge is -1.95. The van der Waals surface area contributed by atoms with Crippen LogP contribution in [-0.4, -0.2) is 14.6 Å². The Morgan fingerprint density at radius 2 is 1.94 bits per heavy atom. The van der Waals surface area contributed by atoms with Crippen molar-refractivity contribution in [3.63, 3.8) is 0 Å². The van der Waals surface area contributed by atoms with Gasteiger partial charge in [0.25, 0.3) is 0 Å². The number of benzene rings is 1. The van der Waals surface area contributed by atoms with Crippen molar-refractivity contribution in [2.45, 2.75) is 13.3 Å². The van der Waals surface area contributed by atoms with Crippen LogP contribution in [0.15, 0.2) is 42.6 Å². The molecule has 3 aromatic rings. The summed E-state index contributed by atoms with van der Waals surface area (Å²) in [5.41, 5.74) is 2.97. The van der Waals surface area contributed by atoms with Crippen molar-refractivity contribution < 1.29 is 4.39 Å².